The molecular weight excluding hydrogens is 460 g/mol. The summed E-state index contributed by atoms with van der Waals surface area (Å²) in [5.41, 5.74) is 2.00. The van der Waals surface area contributed by atoms with Crippen LogP contribution in [0.5, 0.6) is 11.5 Å². The Morgan fingerprint density at radius 2 is 1.36 bits per heavy atom. The van der Waals surface area contributed by atoms with E-state index in [4.69, 9.17) is 9.47 Å². The van der Waals surface area contributed by atoms with Gasteiger partial charge in [0.15, 0.2) is 19.7 Å². The van der Waals surface area contributed by atoms with Crippen LogP contribution in [0.1, 0.15) is 6.92 Å². The molecule has 0 radical (unpaired) electrons. The minimum absolute atomic E-state index is 0.00556. The Balaban J connectivity index is 2.50. The van der Waals surface area contributed by atoms with Gasteiger partial charge in [-0.1, -0.05) is 43.5 Å². The van der Waals surface area contributed by atoms with E-state index in [-0.39, 0.29) is 9.79 Å². The highest BCUT2D eigenvalue weighted by molar-refractivity contribution is 7.94. The monoisotopic (exact) mass is 484 g/mol. The Morgan fingerprint density at radius 1 is 0.788 bits per heavy atom. The summed E-state index contributed by atoms with van der Waals surface area (Å²) in [6.07, 6.45) is 0. The summed E-state index contributed by atoms with van der Waals surface area (Å²) in [5.74, 6) is 0.754. The Morgan fingerprint density at radius 3 is 1.94 bits per heavy atom. The molecule has 0 aliphatic heterocycles. The summed E-state index contributed by atoms with van der Waals surface area (Å²) in [6, 6.07) is 16.5. The van der Waals surface area contributed by atoms with Gasteiger partial charge in [0.05, 0.1) is 23.5 Å². The standard InChI is InChI=1S/C25H24O6S2/c1-5-31-25-21(18-11-9-8-10-12-18)16-20(33(28,29)7-3)17-23(25)22-15-19(32(26,27)6-2)13-14-24(22)30-4/h6-17H,2-3,5H2,1,4H3. The fourth-order valence-electron chi connectivity index (χ4n) is 3.37. The molecule has 0 amide bonds. The molecule has 8 heteroatoms. The molecule has 172 valence electrons. The summed E-state index contributed by atoms with van der Waals surface area (Å²) in [4.78, 5) is -0.0113. The van der Waals surface area contributed by atoms with E-state index in [0.29, 0.717) is 34.8 Å². The minimum Gasteiger partial charge on any atom is -0.496 e. The highest BCUT2D eigenvalue weighted by atomic mass is 32.2. The molecule has 6 nitrogen and oxygen atoms in total. The SMILES string of the molecule is C=CS(=O)(=O)c1ccc(OC)c(-c2cc(S(=O)(=O)C=C)cc(-c3ccccc3)c2OCC)c1. The van der Waals surface area contributed by atoms with Gasteiger partial charge in [-0.2, -0.15) is 0 Å². The third kappa shape index (κ3) is 4.86. The van der Waals surface area contributed by atoms with Gasteiger partial charge in [0.25, 0.3) is 0 Å². The molecule has 0 N–H and O–H groups in total. The van der Waals surface area contributed by atoms with E-state index < -0.39 is 19.7 Å². The van der Waals surface area contributed by atoms with E-state index in [9.17, 15) is 16.8 Å². The molecule has 0 atom stereocenters. The zero-order chi connectivity index (χ0) is 24.2. The van der Waals surface area contributed by atoms with E-state index in [2.05, 4.69) is 13.2 Å². The quantitative estimate of drug-likeness (QED) is 0.412. The molecule has 0 aliphatic rings. The van der Waals surface area contributed by atoms with Gasteiger partial charge in [-0.25, -0.2) is 16.8 Å². The van der Waals surface area contributed by atoms with Crippen LogP contribution in [0.3, 0.4) is 0 Å². The van der Waals surface area contributed by atoms with Crippen LogP contribution in [0.2, 0.25) is 0 Å². The van der Waals surface area contributed by atoms with Crippen LogP contribution in [0, 0.1) is 0 Å². The average Bonchev–Trinajstić information content (AvgIpc) is 2.84. The summed E-state index contributed by atoms with van der Waals surface area (Å²) < 4.78 is 61.9. The van der Waals surface area contributed by atoms with E-state index in [1.807, 2.05) is 37.3 Å². The van der Waals surface area contributed by atoms with Crippen molar-refractivity contribution in [3.8, 4) is 33.8 Å². The van der Waals surface area contributed by atoms with Crippen molar-refractivity contribution in [3.05, 3.63) is 84.6 Å². The van der Waals surface area contributed by atoms with Crippen LogP contribution in [0.15, 0.2) is 94.4 Å². The fraction of sp³-hybridized carbons (Fsp3) is 0.120. The van der Waals surface area contributed by atoms with Crippen molar-refractivity contribution < 1.29 is 26.3 Å². The summed E-state index contributed by atoms with van der Waals surface area (Å²) in [6.45, 7) is 8.91. The average molecular weight is 485 g/mol. The van der Waals surface area contributed by atoms with Gasteiger partial charge in [0.2, 0.25) is 0 Å². The largest absolute Gasteiger partial charge is 0.496 e. The van der Waals surface area contributed by atoms with Gasteiger partial charge in [-0.15, -0.1) is 0 Å². The number of methoxy groups -OCH3 is 1. The molecular formula is C25H24O6S2. The zero-order valence-electron chi connectivity index (χ0n) is 18.3. The maximum atomic E-state index is 12.8. The molecule has 3 rings (SSSR count). The lowest BCUT2D eigenvalue weighted by molar-refractivity contribution is 0.342. The van der Waals surface area contributed by atoms with Crippen molar-refractivity contribution in [3.63, 3.8) is 0 Å². The van der Waals surface area contributed by atoms with Crippen molar-refractivity contribution in [2.75, 3.05) is 13.7 Å². The second-order valence-corrected chi connectivity index (χ2v) is 10.7. The molecule has 0 bridgehead atoms. The van der Waals surface area contributed by atoms with Gasteiger partial charge in [-0.3, -0.25) is 0 Å². The number of benzene rings is 3. The first kappa shape index (κ1) is 24.3. The number of sulfone groups is 2. The summed E-state index contributed by atoms with van der Waals surface area (Å²) in [7, 11) is -6.12. The Hall–Kier alpha value is -3.36. The van der Waals surface area contributed by atoms with Crippen molar-refractivity contribution in [1.82, 2.24) is 0 Å². The number of hydrogen-bond donors (Lipinski definition) is 0. The summed E-state index contributed by atoms with van der Waals surface area (Å²) in [5, 5.41) is 1.73. The Bertz CT molecular complexity index is 1410. The van der Waals surface area contributed by atoms with Crippen LogP contribution in [-0.2, 0) is 19.7 Å². The highest BCUT2D eigenvalue weighted by Crippen LogP contribution is 2.45. The van der Waals surface area contributed by atoms with Gasteiger partial charge in [-0.05, 0) is 42.8 Å². The second-order valence-electron chi connectivity index (χ2n) is 6.93. The van der Waals surface area contributed by atoms with Crippen LogP contribution in [-0.4, -0.2) is 30.6 Å². The molecule has 0 saturated heterocycles. The topological polar surface area (TPSA) is 86.7 Å². The molecule has 0 aromatic heterocycles. The van der Waals surface area contributed by atoms with E-state index in [1.54, 1.807) is 0 Å². The zero-order valence-corrected chi connectivity index (χ0v) is 19.9. The predicted octanol–water partition coefficient (Wildman–Crippen LogP) is 5.26. The first-order valence-electron chi connectivity index (χ1n) is 9.98. The molecule has 0 fully saturated rings. The molecule has 0 unspecified atom stereocenters. The van der Waals surface area contributed by atoms with Crippen molar-refractivity contribution in [1.29, 1.82) is 0 Å². The lowest BCUT2D eigenvalue weighted by Gasteiger charge is -2.19. The number of hydrogen-bond acceptors (Lipinski definition) is 6. The van der Waals surface area contributed by atoms with E-state index in [0.717, 1.165) is 16.4 Å². The molecule has 3 aromatic carbocycles. The van der Waals surface area contributed by atoms with Gasteiger partial charge < -0.3 is 9.47 Å². The Kier molecular flexibility index (Phi) is 7.09. The maximum absolute atomic E-state index is 12.8. The van der Waals surface area contributed by atoms with E-state index >= 15 is 0 Å². The molecule has 0 saturated carbocycles. The van der Waals surface area contributed by atoms with Gasteiger partial charge in [0.1, 0.15) is 11.5 Å². The molecule has 0 aliphatic carbocycles. The number of rotatable bonds is 9. The lowest BCUT2D eigenvalue weighted by Crippen LogP contribution is -2.03. The van der Waals surface area contributed by atoms with Crippen molar-refractivity contribution in [2.24, 2.45) is 0 Å². The first-order valence-corrected chi connectivity index (χ1v) is 13.1. The summed E-state index contributed by atoms with van der Waals surface area (Å²) >= 11 is 0. The van der Waals surface area contributed by atoms with E-state index in [1.165, 1.54) is 37.4 Å². The third-order valence-electron chi connectivity index (χ3n) is 4.99. The van der Waals surface area contributed by atoms with Gasteiger partial charge >= 0.3 is 0 Å². The van der Waals surface area contributed by atoms with Crippen molar-refractivity contribution >= 4 is 19.7 Å². The smallest absolute Gasteiger partial charge is 0.199 e. The fourth-order valence-corrected chi connectivity index (χ4v) is 4.85. The highest BCUT2D eigenvalue weighted by Gasteiger charge is 2.23. The predicted molar refractivity (Wildman–Crippen MR) is 130 cm³/mol. The second kappa shape index (κ2) is 9.64. The minimum atomic E-state index is -3.82. The van der Waals surface area contributed by atoms with Crippen LogP contribution >= 0.6 is 0 Å². The molecule has 33 heavy (non-hydrogen) atoms. The number of ether oxygens (including phenoxy) is 2. The Labute approximate surface area is 194 Å². The lowest BCUT2D eigenvalue weighted by atomic mass is 9.96. The van der Waals surface area contributed by atoms with Gasteiger partial charge in [0, 0.05) is 27.5 Å². The maximum Gasteiger partial charge on any atom is 0.199 e. The third-order valence-corrected chi connectivity index (χ3v) is 7.67. The molecule has 0 heterocycles. The van der Waals surface area contributed by atoms with Crippen LogP contribution in [0.4, 0.5) is 0 Å². The molecule has 3 aromatic rings. The molecule has 0 spiro atoms. The van der Waals surface area contributed by atoms with Crippen LogP contribution in [0.25, 0.3) is 22.3 Å². The van der Waals surface area contributed by atoms with Crippen LogP contribution < -0.4 is 9.47 Å². The first-order chi connectivity index (χ1) is 15.7. The normalized spacial score (nSPS) is 11.6. The van der Waals surface area contributed by atoms with Crippen molar-refractivity contribution in [2.45, 2.75) is 16.7 Å².